The van der Waals surface area contributed by atoms with Crippen molar-refractivity contribution in [3.8, 4) is 0 Å². The van der Waals surface area contributed by atoms with E-state index in [1.807, 2.05) is 0 Å². The first kappa shape index (κ1) is 16.2. The number of carbonyl (C=O) groups is 1. The molecule has 0 saturated carbocycles. The number of anilines is 1. The Hall–Kier alpha value is -2.19. The molecule has 0 fully saturated rings. The maximum absolute atomic E-state index is 12.2. The number of carbonyl (C=O) groups excluding carboxylic acids is 1. The lowest BCUT2D eigenvalue weighted by molar-refractivity contribution is -0.114. The fourth-order valence-corrected chi connectivity index (χ4v) is 2.88. The number of rotatable bonds is 5. The molecule has 0 unspecified atom stereocenters. The van der Waals surface area contributed by atoms with Crippen LogP contribution in [-0.2, 0) is 21.4 Å². The van der Waals surface area contributed by atoms with Crippen LogP contribution in [0.1, 0.15) is 24.3 Å². The Morgan fingerprint density at radius 2 is 1.86 bits per heavy atom. The Labute approximate surface area is 128 Å². The summed E-state index contributed by atoms with van der Waals surface area (Å²) in [5.41, 5.74) is 1.19. The van der Waals surface area contributed by atoms with Gasteiger partial charge in [0.25, 0.3) is 0 Å². The van der Waals surface area contributed by atoms with Crippen LogP contribution < -0.4 is 10.0 Å². The van der Waals surface area contributed by atoms with E-state index in [4.69, 9.17) is 4.42 Å². The van der Waals surface area contributed by atoms with Gasteiger partial charge in [-0.25, -0.2) is 18.1 Å². The molecule has 2 rings (SSSR count). The highest BCUT2D eigenvalue weighted by molar-refractivity contribution is 7.89. The van der Waals surface area contributed by atoms with Crippen molar-refractivity contribution in [3.63, 3.8) is 0 Å². The number of benzene rings is 1. The summed E-state index contributed by atoms with van der Waals surface area (Å²) in [6, 6.07) is 5.90. The average molecular weight is 323 g/mol. The van der Waals surface area contributed by atoms with Crippen molar-refractivity contribution in [2.24, 2.45) is 0 Å². The summed E-state index contributed by atoms with van der Waals surface area (Å²) >= 11 is 0. The second-order valence-electron chi connectivity index (χ2n) is 4.77. The summed E-state index contributed by atoms with van der Waals surface area (Å²) in [6.07, 6.45) is 0. The van der Waals surface area contributed by atoms with Gasteiger partial charge in [-0.1, -0.05) is 0 Å². The van der Waals surface area contributed by atoms with Crippen LogP contribution in [0, 0.1) is 13.8 Å². The molecule has 2 N–H and O–H groups in total. The van der Waals surface area contributed by atoms with Gasteiger partial charge >= 0.3 is 0 Å². The van der Waals surface area contributed by atoms with E-state index in [0.29, 0.717) is 23.0 Å². The zero-order valence-electron chi connectivity index (χ0n) is 12.5. The Morgan fingerprint density at radius 1 is 1.23 bits per heavy atom. The predicted octanol–water partition coefficient (Wildman–Crippen LogP) is 1.73. The van der Waals surface area contributed by atoms with Crippen LogP contribution in [0.3, 0.4) is 0 Å². The fraction of sp³-hybridized carbons (Fsp3) is 0.286. The van der Waals surface area contributed by atoms with Crippen LogP contribution in [0.4, 0.5) is 5.69 Å². The van der Waals surface area contributed by atoms with Gasteiger partial charge in [0.1, 0.15) is 5.76 Å². The molecule has 1 amide bonds. The molecular weight excluding hydrogens is 306 g/mol. The largest absolute Gasteiger partial charge is 0.444 e. The van der Waals surface area contributed by atoms with Crippen LogP contribution >= 0.6 is 0 Å². The molecule has 0 spiro atoms. The van der Waals surface area contributed by atoms with E-state index < -0.39 is 10.0 Å². The zero-order chi connectivity index (χ0) is 16.3. The number of nitrogens with zero attached hydrogens (tertiary/aromatic N) is 1. The van der Waals surface area contributed by atoms with Gasteiger partial charge < -0.3 is 9.73 Å². The fourth-order valence-electron chi connectivity index (χ4n) is 1.90. The minimum absolute atomic E-state index is 0.0302. The van der Waals surface area contributed by atoms with Crippen molar-refractivity contribution in [2.45, 2.75) is 32.2 Å². The molecule has 0 radical (unpaired) electrons. The van der Waals surface area contributed by atoms with Crippen molar-refractivity contribution in [3.05, 3.63) is 41.6 Å². The van der Waals surface area contributed by atoms with E-state index >= 15 is 0 Å². The topological polar surface area (TPSA) is 101 Å². The molecular formula is C14H17N3O4S. The van der Waals surface area contributed by atoms with Crippen LogP contribution in [0.5, 0.6) is 0 Å². The monoisotopic (exact) mass is 323 g/mol. The predicted molar refractivity (Wildman–Crippen MR) is 80.7 cm³/mol. The lowest BCUT2D eigenvalue weighted by Crippen LogP contribution is -2.23. The number of hydrogen-bond donors (Lipinski definition) is 2. The lowest BCUT2D eigenvalue weighted by Gasteiger charge is -2.07. The normalized spacial score (nSPS) is 11.4. The highest BCUT2D eigenvalue weighted by Crippen LogP contribution is 2.15. The third-order valence-electron chi connectivity index (χ3n) is 2.91. The van der Waals surface area contributed by atoms with Gasteiger partial charge in [0.2, 0.25) is 15.9 Å². The summed E-state index contributed by atoms with van der Waals surface area (Å²) in [5.74, 6) is 0.757. The van der Waals surface area contributed by atoms with Gasteiger partial charge in [-0.2, -0.15) is 0 Å². The standard InChI is InChI=1S/C14H17N3O4S/c1-9-14(21-11(3)16-9)8-15-22(19,20)13-6-4-12(5-7-13)17-10(2)18/h4-7,15H,8H2,1-3H3,(H,17,18). The summed E-state index contributed by atoms with van der Waals surface area (Å²) in [5, 5.41) is 2.57. The zero-order valence-corrected chi connectivity index (χ0v) is 13.3. The molecule has 1 heterocycles. The number of hydrogen-bond acceptors (Lipinski definition) is 5. The smallest absolute Gasteiger partial charge is 0.240 e. The highest BCUT2D eigenvalue weighted by atomic mass is 32.2. The van der Waals surface area contributed by atoms with E-state index in [2.05, 4.69) is 15.0 Å². The first-order valence-electron chi connectivity index (χ1n) is 6.58. The Morgan fingerprint density at radius 3 is 2.36 bits per heavy atom. The molecule has 8 heteroatoms. The molecule has 118 valence electrons. The molecule has 0 saturated heterocycles. The number of amides is 1. The van der Waals surface area contributed by atoms with Gasteiger partial charge in [-0.15, -0.1) is 0 Å². The van der Waals surface area contributed by atoms with Crippen LogP contribution in [0.2, 0.25) is 0 Å². The van der Waals surface area contributed by atoms with Gasteiger partial charge in [0.05, 0.1) is 17.1 Å². The Bertz CT molecular complexity index is 779. The highest BCUT2D eigenvalue weighted by Gasteiger charge is 2.16. The molecule has 0 aliphatic rings. The number of sulfonamides is 1. The molecule has 0 atom stereocenters. The van der Waals surface area contributed by atoms with Gasteiger partial charge in [-0.05, 0) is 31.2 Å². The van der Waals surface area contributed by atoms with Crippen LogP contribution in [0.25, 0.3) is 0 Å². The van der Waals surface area contributed by atoms with E-state index in [1.165, 1.54) is 31.2 Å². The number of nitrogens with one attached hydrogen (secondary N) is 2. The summed E-state index contributed by atoms with van der Waals surface area (Å²) in [6.45, 7) is 4.87. The quantitative estimate of drug-likeness (QED) is 0.872. The summed E-state index contributed by atoms with van der Waals surface area (Å²) in [7, 11) is -3.66. The Kier molecular flexibility index (Phi) is 4.62. The van der Waals surface area contributed by atoms with E-state index in [1.54, 1.807) is 13.8 Å². The SMILES string of the molecule is CC(=O)Nc1ccc(S(=O)(=O)NCc2oc(C)nc2C)cc1. The van der Waals surface area contributed by atoms with Crippen molar-refractivity contribution < 1.29 is 17.6 Å². The molecule has 0 aliphatic carbocycles. The third-order valence-corrected chi connectivity index (χ3v) is 4.32. The van der Waals surface area contributed by atoms with Gasteiger partial charge in [0, 0.05) is 19.5 Å². The van der Waals surface area contributed by atoms with Gasteiger partial charge in [0.15, 0.2) is 5.89 Å². The molecule has 0 aliphatic heterocycles. The number of aryl methyl sites for hydroxylation is 2. The van der Waals surface area contributed by atoms with E-state index in [9.17, 15) is 13.2 Å². The third kappa shape index (κ3) is 3.92. The number of oxazole rings is 1. The Balaban J connectivity index is 2.09. The molecule has 2 aromatic rings. The van der Waals surface area contributed by atoms with Crippen molar-refractivity contribution >= 4 is 21.6 Å². The number of aromatic nitrogens is 1. The molecule has 7 nitrogen and oxygen atoms in total. The molecule has 22 heavy (non-hydrogen) atoms. The van der Waals surface area contributed by atoms with Crippen molar-refractivity contribution in [2.75, 3.05) is 5.32 Å². The first-order chi connectivity index (χ1) is 10.3. The lowest BCUT2D eigenvalue weighted by atomic mass is 10.3. The maximum atomic E-state index is 12.2. The molecule has 1 aromatic carbocycles. The van der Waals surface area contributed by atoms with E-state index in [-0.39, 0.29) is 17.3 Å². The van der Waals surface area contributed by atoms with Crippen LogP contribution in [0.15, 0.2) is 33.6 Å². The minimum atomic E-state index is -3.66. The van der Waals surface area contributed by atoms with E-state index in [0.717, 1.165) is 0 Å². The van der Waals surface area contributed by atoms with Crippen molar-refractivity contribution in [1.82, 2.24) is 9.71 Å². The van der Waals surface area contributed by atoms with Gasteiger partial charge in [-0.3, -0.25) is 4.79 Å². The maximum Gasteiger partial charge on any atom is 0.240 e. The second-order valence-corrected chi connectivity index (χ2v) is 6.54. The first-order valence-corrected chi connectivity index (χ1v) is 8.06. The van der Waals surface area contributed by atoms with Crippen LogP contribution in [-0.4, -0.2) is 19.3 Å². The molecule has 0 bridgehead atoms. The minimum Gasteiger partial charge on any atom is -0.444 e. The summed E-state index contributed by atoms with van der Waals surface area (Å²) in [4.78, 5) is 15.1. The molecule has 1 aromatic heterocycles. The second kappa shape index (κ2) is 6.29. The average Bonchev–Trinajstić information content (AvgIpc) is 2.75. The van der Waals surface area contributed by atoms with Crippen molar-refractivity contribution in [1.29, 1.82) is 0 Å². The summed E-state index contributed by atoms with van der Waals surface area (Å²) < 4.78 is 32.2.